The first-order valence-electron chi connectivity index (χ1n) is 10.2. The van der Waals surface area contributed by atoms with Crippen LogP contribution in [0, 0.1) is 5.92 Å². The van der Waals surface area contributed by atoms with Crippen molar-refractivity contribution in [2.75, 3.05) is 32.4 Å². The second-order valence-corrected chi connectivity index (χ2v) is 10.3. The van der Waals surface area contributed by atoms with E-state index in [-0.39, 0.29) is 11.5 Å². The summed E-state index contributed by atoms with van der Waals surface area (Å²) in [4.78, 5) is 39.4. The van der Waals surface area contributed by atoms with Gasteiger partial charge in [-0.2, -0.15) is 0 Å². The second-order valence-electron chi connectivity index (χ2n) is 8.25. The number of carbonyl (C=O) groups excluding carboxylic acids is 1. The number of nitrogens with one attached hydrogen (secondary N) is 1. The number of hydrogen-bond donors (Lipinski definition) is 1. The fourth-order valence-corrected chi connectivity index (χ4v) is 7.10. The van der Waals surface area contributed by atoms with Gasteiger partial charge in [0.05, 0.1) is 16.9 Å². The average molecular weight is 419 g/mol. The van der Waals surface area contributed by atoms with Gasteiger partial charge >= 0.3 is 0 Å². The SMILES string of the molecule is CN(C(=O)CSCc1nc2sc3c(c2c(=O)[nH]1)CCC3)C1CN2CCC1CC2. The Balaban J connectivity index is 1.21. The lowest BCUT2D eigenvalue weighted by Gasteiger charge is -2.48. The number of amides is 1. The number of fused-ring (bicyclic) bond motifs is 6. The molecule has 2 aromatic rings. The molecule has 0 aromatic carbocycles. The van der Waals surface area contributed by atoms with Gasteiger partial charge in [0.1, 0.15) is 10.7 Å². The van der Waals surface area contributed by atoms with Crippen molar-refractivity contribution in [3.63, 3.8) is 0 Å². The molecule has 2 bridgehead atoms. The van der Waals surface area contributed by atoms with Crippen molar-refractivity contribution in [2.24, 2.45) is 5.92 Å². The molecule has 6 rings (SSSR count). The second kappa shape index (κ2) is 7.46. The molecule has 6 nitrogen and oxygen atoms in total. The predicted molar refractivity (Wildman–Crippen MR) is 114 cm³/mol. The zero-order valence-electron chi connectivity index (χ0n) is 16.2. The minimum Gasteiger partial charge on any atom is -0.340 e. The maximum absolute atomic E-state index is 12.7. The van der Waals surface area contributed by atoms with Crippen molar-refractivity contribution in [3.05, 3.63) is 26.6 Å². The van der Waals surface area contributed by atoms with Crippen LogP contribution in [0.3, 0.4) is 0 Å². The van der Waals surface area contributed by atoms with E-state index >= 15 is 0 Å². The molecule has 4 aliphatic rings. The fourth-order valence-electron chi connectivity index (χ4n) is 5.01. The summed E-state index contributed by atoms with van der Waals surface area (Å²) in [5.74, 6) is 2.52. The molecule has 1 N–H and O–H groups in total. The quantitative estimate of drug-likeness (QED) is 0.807. The average Bonchev–Trinajstić information content (AvgIpc) is 3.29. The molecule has 0 spiro atoms. The van der Waals surface area contributed by atoms with E-state index in [9.17, 15) is 9.59 Å². The standard InChI is InChI=1S/C20H26N4O2S2/c1-23(14-9-24-7-5-12(14)6-8-24)17(25)11-27-10-16-21-19(26)18-13-3-2-4-15(13)28-20(18)22-16/h12,14H,2-11H2,1H3,(H,21,22,26). The Morgan fingerprint density at radius 3 is 2.93 bits per heavy atom. The summed E-state index contributed by atoms with van der Waals surface area (Å²) < 4.78 is 0. The van der Waals surface area contributed by atoms with E-state index in [1.807, 2.05) is 11.9 Å². The van der Waals surface area contributed by atoms with Crippen molar-refractivity contribution in [1.29, 1.82) is 0 Å². The van der Waals surface area contributed by atoms with Gasteiger partial charge in [-0.15, -0.1) is 23.1 Å². The number of thioether (sulfide) groups is 1. The zero-order valence-corrected chi connectivity index (χ0v) is 17.8. The molecule has 0 radical (unpaired) electrons. The molecule has 3 saturated heterocycles. The van der Waals surface area contributed by atoms with Gasteiger partial charge < -0.3 is 14.8 Å². The summed E-state index contributed by atoms with van der Waals surface area (Å²) in [5.41, 5.74) is 1.19. The van der Waals surface area contributed by atoms with Gasteiger partial charge in [-0.1, -0.05) is 0 Å². The monoisotopic (exact) mass is 418 g/mol. The summed E-state index contributed by atoms with van der Waals surface area (Å²) in [6.07, 6.45) is 5.63. The summed E-state index contributed by atoms with van der Waals surface area (Å²) in [6, 6.07) is 0.360. The molecule has 3 fully saturated rings. The summed E-state index contributed by atoms with van der Waals surface area (Å²) in [7, 11) is 1.95. The number of rotatable bonds is 5. The van der Waals surface area contributed by atoms with Crippen LogP contribution in [0.4, 0.5) is 0 Å². The van der Waals surface area contributed by atoms with Crippen molar-refractivity contribution in [3.8, 4) is 0 Å². The summed E-state index contributed by atoms with van der Waals surface area (Å²) in [6.45, 7) is 3.39. The van der Waals surface area contributed by atoms with Crippen LogP contribution in [0.15, 0.2) is 4.79 Å². The van der Waals surface area contributed by atoms with Gasteiger partial charge in [0, 0.05) is 24.5 Å². The van der Waals surface area contributed by atoms with Gasteiger partial charge in [0.25, 0.3) is 5.56 Å². The van der Waals surface area contributed by atoms with Crippen LogP contribution in [-0.2, 0) is 23.4 Å². The van der Waals surface area contributed by atoms with E-state index < -0.39 is 0 Å². The van der Waals surface area contributed by atoms with Gasteiger partial charge in [-0.25, -0.2) is 4.98 Å². The summed E-state index contributed by atoms with van der Waals surface area (Å²) in [5, 5.41) is 0.796. The third-order valence-corrected chi connectivity index (χ3v) is 8.72. The van der Waals surface area contributed by atoms with Gasteiger partial charge in [0.2, 0.25) is 5.91 Å². The number of aryl methyl sites for hydroxylation is 2. The predicted octanol–water partition coefficient (Wildman–Crippen LogP) is 2.26. The van der Waals surface area contributed by atoms with E-state index in [1.54, 1.807) is 23.1 Å². The van der Waals surface area contributed by atoms with Crippen LogP contribution in [0.1, 0.15) is 35.5 Å². The molecule has 150 valence electrons. The molecule has 1 amide bonds. The number of aromatic nitrogens is 2. The number of piperidine rings is 3. The third-order valence-electron chi connectivity index (χ3n) is 6.60. The fraction of sp³-hybridized carbons (Fsp3) is 0.650. The Labute approximate surface area is 172 Å². The first-order valence-corrected chi connectivity index (χ1v) is 12.2. The lowest BCUT2D eigenvalue weighted by Crippen LogP contribution is -2.57. The van der Waals surface area contributed by atoms with Gasteiger partial charge in [0.15, 0.2) is 0 Å². The largest absolute Gasteiger partial charge is 0.340 e. The highest BCUT2D eigenvalue weighted by molar-refractivity contribution is 7.99. The number of H-pyrrole nitrogens is 1. The Morgan fingerprint density at radius 1 is 1.36 bits per heavy atom. The van der Waals surface area contributed by atoms with Gasteiger partial charge in [-0.3, -0.25) is 9.59 Å². The van der Waals surface area contributed by atoms with E-state index in [0.29, 0.717) is 29.3 Å². The highest BCUT2D eigenvalue weighted by Crippen LogP contribution is 2.34. The van der Waals surface area contributed by atoms with Crippen LogP contribution in [0.25, 0.3) is 10.2 Å². The number of nitrogens with zero attached hydrogens (tertiary/aromatic N) is 3. The molecule has 5 heterocycles. The Bertz CT molecular complexity index is 961. The van der Waals surface area contributed by atoms with Crippen molar-refractivity contribution >= 4 is 39.2 Å². The first kappa shape index (κ1) is 18.6. The number of likely N-dealkylation sites (N-methyl/N-ethyl adjacent to an activating group) is 1. The van der Waals surface area contributed by atoms with Crippen LogP contribution >= 0.6 is 23.1 Å². The Morgan fingerprint density at radius 2 is 2.18 bits per heavy atom. The number of carbonyl (C=O) groups is 1. The minimum atomic E-state index is -0.0178. The summed E-state index contributed by atoms with van der Waals surface area (Å²) >= 11 is 3.21. The van der Waals surface area contributed by atoms with E-state index in [2.05, 4.69) is 14.9 Å². The van der Waals surface area contributed by atoms with Crippen LogP contribution < -0.4 is 5.56 Å². The number of thiophene rings is 1. The van der Waals surface area contributed by atoms with Gasteiger partial charge in [-0.05, 0) is 56.7 Å². The molecule has 1 atom stereocenters. The maximum atomic E-state index is 12.7. The highest BCUT2D eigenvalue weighted by atomic mass is 32.2. The maximum Gasteiger partial charge on any atom is 0.259 e. The molecule has 2 aromatic heterocycles. The zero-order chi connectivity index (χ0) is 19.3. The molecular weight excluding hydrogens is 392 g/mol. The highest BCUT2D eigenvalue weighted by Gasteiger charge is 2.37. The molecular formula is C20H26N4O2S2. The van der Waals surface area contributed by atoms with E-state index in [0.717, 1.165) is 36.0 Å². The van der Waals surface area contributed by atoms with Crippen LogP contribution in [0.2, 0.25) is 0 Å². The normalized spacial score (nSPS) is 26.0. The van der Waals surface area contributed by atoms with Crippen molar-refractivity contribution < 1.29 is 4.79 Å². The van der Waals surface area contributed by atoms with Crippen molar-refractivity contribution in [2.45, 2.75) is 43.9 Å². The Hall–Kier alpha value is -1.38. The number of hydrogen-bond acceptors (Lipinski definition) is 6. The lowest BCUT2D eigenvalue weighted by molar-refractivity contribution is -0.132. The van der Waals surface area contributed by atoms with E-state index in [4.69, 9.17) is 0 Å². The molecule has 1 aliphatic carbocycles. The lowest BCUT2D eigenvalue weighted by atomic mass is 9.83. The minimum absolute atomic E-state index is 0.0178. The Kier molecular flexibility index (Phi) is 4.97. The molecule has 1 unspecified atom stereocenters. The van der Waals surface area contributed by atoms with Crippen LogP contribution in [-0.4, -0.2) is 64.2 Å². The van der Waals surface area contributed by atoms with Crippen molar-refractivity contribution in [1.82, 2.24) is 19.8 Å². The smallest absolute Gasteiger partial charge is 0.259 e. The number of aromatic amines is 1. The van der Waals surface area contributed by atoms with Crippen LogP contribution in [0.5, 0.6) is 0 Å². The molecule has 3 aliphatic heterocycles. The molecule has 8 heteroatoms. The van der Waals surface area contributed by atoms with E-state index in [1.165, 1.54) is 36.4 Å². The topological polar surface area (TPSA) is 69.3 Å². The molecule has 0 saturated carbocycles. The third kappa shape index (κ3) is 3.29. The first-order chi connectivity index (χ1) is 13.6. The molecule has 28 heavy (non-hydrogen) atoms.